The van der Waals surface area contributed by atoms with Gasteiger partial charge in [0.25, 0.3) is 0 Å². The number of hydrogen-bond acceptors (Lipinski definition) is 1. The first-order valence-electron chi connectivity index (χ1n) is 6.20. The highest BCUT2D eigenvalue weighted by Gasteiger charge is 2.06. The maximum atomic E-state index is 13.0. The van der Waals surface area contributed by atoms with Crippen LogP contribution in [0.5, 0.6) is 0 Å². The predicted molar refractivity (Wildman–Crippen MR) is 74.8 cm³/mol. The maximum Gasteiger partial charge on any atom is 0.323 e. The van der Waals surface area contributed by atoms with Gasteiger partial charge in [-0.15, -0.1) is 0 Å². The molecule has 0 aromatic heterocycles. The molecule has 0 unspecified atom stereocenters. The summed E-state index contributed by atoms with van der Waals surface area (Å²) >= 11 is 0. The van der Waals surface area contributed by atoms with Crippen LogP contribution in [0.2, 0.25) is 0 Å². The molecule has 104 valence electrons. The standard InChI is InChI=1S/C15H14F2N2O/c1-2-10-3-5-11(6-4-10)18-15(20)19-12-7-8-13(16)14(17)9-12/h3-9H,2H2,1H3,(H2,18,19,20). The molecule has 0 radical (unpaired) electrons. The van der Waals surface area contributed by atoms with Gasteiger partial charge >= 0.3 is 6.03 Å². The molecule has 2 N–H and O–H groups in total. The zero-order valence-corrected chi connectivity index (χ0v) is 10.9. The lowest BCUT2D eigenvalue weighted by Crippen LogP contribution is -2.19. The minimum atomic E-state index is -1.00. The molecule has 2 aromatic carbocycles. The predicted octanol–water partition coefficient (Wildman–Crippen LogP) is 4.17. The Kier molecular flexibility index (Phi) is 4.30. The Balaban J connectivity index is 1.99. The summed E-state index contributed by atoms with van der Waals surface area (Å²) in [6.07, 6.45) is 0.918. The van der Waals surface area contributed by atoms with Crippen LogP contribution in [0.1, 0.15) is 12.5 Å². The highest BCUT2D eigenvalue weighted by atomic mass is 19.2. The van der Waals surface area contributed by atoms with E-state index in [0.717, 1.165) is 24.1 Å². The monoisotopic (exact) mass is 276 g/mol. The van der Waals surface area contributed by atoms with Gasteiger partial charge in [-0.1, -0.05) is 19.1 Å². The normalized spacial score (nSPS) is 10.2. The highest BCUT2D eigenvalue weighted by molar-refractivity contribution is 5.99. The van der Waals surface area contributed by atoms with Crippen molar-refractivity contribution in [1.82, 2.24) is 0 Å². The molecule has 0 aliphatic rings. The average Bonchev–Trinajstić information content (AvgIpc) is 2.44. The number of rotatable bonds is 3. The summed E-state index contributed by atoms with van der Waals surface area (Å²) in [5.41, 5.74) is 1.98. The van der Waals surface area contributed by atoms with Crippen LogP contribution in [0.15, 0.2) is 42.5 Å². The number of benzene rings is 2. The summed E-state index contributed by atoms with van der Waals surface area (Å²) in [6.45, 7) is 2.04. The van der Waals surface area contributed by atoms with Crippen molar-refractivity contribution in [3.05, 3.63) is 59.7 Å². The van der Waals surface area contributed by atoms with E-state index in [1.807, 2.05) is 19.1 Å². The van der Waals surface area contributed by atoms with Gasteiger partial charge in [0.1, 0.15) is 0 Å². The summed E-state index contributed by atoms with van der Waals surface area (Å²) in [5, 5.41) is 5.04. The summed E-state index contributed by atoms with van der Waals surface area (Å²) < 4.78 is 25.7. The molecule has 0 fully saturated rings. The minimum Gasteiger partial charge on any atom is -0.308 e. The highest BCUT2D eigenvalue weighted by Crippen LogP contribution is 2.14. The van der Waals surface area contributed by atoms with E-state index in [0.29, 0.717) is 5.69 Å². The number of amides is 2. The summed E-state index contributed by atoms with van der Waals surface area (Å²) in [5.74, 6) is -1.96. The molecule has 0 saturated heterocycles. The van der Waals surface area contributed by atoms with E-state index < -0.39 is 17.7 Å². The number of carbonyl (C=O) groups excluding carboxylic acids is 1. The van der Waals surface area contributed by atoms with Crippen LogP contribution >= 0.6 is 0 Å². The number of carbonyl (C=O) groups is 1. The van der Waals surface area contributed by atoms with Gasteiger partial charge in [0.05, 0.1) is 0 Å². The Morgan fingerprint density at radius 3 is 2.15 bits per heavy atom. The van der Waals surface area contributed by atoms with Gasteiger partial charge in [-0.05, 0) is 36.2 Å². The summed E-state index contributed by atoms with van der Waals surface area (Å²) in [7, 11) is 0. The van der Waals surface area contributed by atoms with E-state index in [-0.39, 0.29) is 5.69 Å². The Morgan fingerprint density at radius 1 is 0.950 bits per heavy atom. The van der Waals surface area contributed by atoms with E-state index in [1.165, 1.54) is 6.07 Å². The molecule has 0 bridgehead atoms. The smallest absolute Gasteiger partial charge is 0.308 e. The van der Waals surface area contributed by atoms with Crippen LogP contribution in [-0.4, -0.2) is 6.03 Å². The lowest BCUT2D eigenvalue weighted by atomic mass is 10.1. The molecule has 0 heterocycles. The van der Waals surface area contributed by atoms with Gasteiger partial charge in [0.15, 0.2) is 11.6 Å². The SMILES string of the molecule is CCc1ccc(NC(=O)Nc2ccc(F)c(F)c2)cc1. The average molecular weight is 276 g/mol. The van der Waals surface area contributed by atoms with Gasteiger partial charge < -0.3 is 10.6 Å². The Hall–Kier alpha value is -2.43. The number of hydrogen-bond donors (Lipinski definition) is 2. The third-order valence-corrected chi connectivity index (χ3v) is 2.80. The third kappa shape index (κ3) is 3.54. The quantitative estimate of drug-likeness (QED) is 0.867. The van der Waals surface area contributed by atoms with Crippen molar-refractivity contribution in [1.29, 1.82) is 0 Å². The number of urea groups is 1. The lowest BCUT2D eigenvalue weighted by Gasteiger charge is -2.08. The van der Waals surface area contributed by atoms with Gasteiger partial charge in [-0.3, -0.25) is 0 Å². The fourth-order valence-corrected chi connectivity index (χ4v) is 1.69. The Morgan fingerprint density at radius 2 is 1.55 bits per heavy atom. The minimum absolute atomic E-state index is 0.187. The van der Waals surface area contributed by atoms with Crippen LogP contribution in [0.3, 0.4) is 0 Å². The van der Waals surface area contributed by atoms with Crippen molar-refractivity contribution in [3.63, 3.8) is 0 Å². The van der Waals surface area contributed by atoms with E-state index in [9.17, 15) is 13.6 Å². The molecule has 3 nitrogen and oxygen atoms in total. The van der Waals surface area contributed by atoms with Crippen LogP contribution in [-0.2, 0) is 6.42 Å². The van der Waals surface area contributed by atoms with Crippen molar-refractivity contribution < 1.29 is 13.6 Å². The topological polar surface area (TPSA) is 41.1 Å². The van der Waals surface area contributed by atoms with Crippen LogP contribution in [0.4, 0.5) is 25.0 Å². The lowest BCUT2D eigenvalue weighted by molar-refractivity contribution is 0.262. The molecular formula is C15H14F2N2O. The van der Waals surface area contributed by atoms with Gasteiger partial charge in [0.2, 0.25) is 0 Å². The van der Waals surface area contributed by atoms with Crippen LogP contribution in [0.25, 0.3) is 0 Å². The first kappa shape index (κ1) is 14.0. The maximum absolute atomic E-state index is 13.0. The van der Waals surface area contributed by atoms with Gasteiger partial charge in [-0.2, -0.15) is 0 Å². The summed E-state index contributed by atoms with van der Waals surface area (Å²) in [6, 6.07) is 10.0. The van der Waals surface area contributed by atoms with Crippen molar-refractivity contribution in [2.75, 3.05) is 10.6 Å². The molecule has 0 saturated carbocycles. The van der Waals surface area contributed by atoms with E-state index in [4.69, 9.17) is 0 Å². The second-order valence-corrected chi connectivity index (χ2v) is 4.26. The number of anilines is 2. The molecule has 0 aliphatic carbocycles. The van der Waals surface area contributed by atoms with Crippen molar-refractivity contribution >= 4 is 17.4 Å². The number of nitrogens with one attached hydrogen (secondary N) is 2. The van der Waals surface area contributed by atoms with Crippen molar-refractivity contribution in [2.24, 2.45) is 0 Å². The van der Waals surface area contributed by atoms with E-state index in [1.54, 1.807) is 12.1 Å². The zero-order chi connectivity index (χ0) is 14.5. The Bertz CT molecular complexity index is 612. The molecular weight excluding hydrogens is 262 g/mol. The first-order valence-corrected chi connectivity index (χ1v) is 6.20. The van der Waals surface area contributed by atoms with Crippen LogP contribution < -0.4 is 10.6 Å². The largest absolute Gasteiger partial charge is 0.323 e. The Labute approximate surface area is 115 Å². The van der Waals surface area contributed by atoms with E-state index in [2.05, 4.69) is 10.6 Å². The molecule has 2 amide bonds. The second kappa shape index (κ2) is 6.14. The third-order valence-electron chi connectivity index (χ3n) is 2.80. The molecule has 2 rings (SSSR count). The fourth-order valence-electron chi connectivity index (χ4n) is 1.69. The molecule has 5 heteroatoms. The molecule has 0 aliphatic heterocycles. The summed E-state index contributed by atoms with van der Waals surface area (Å²) in [4.78, 5) is 11.7. The molecule has 0 atom stereocenters. The van der Waals surface area contributed by atoms with Crippen molar-refractivity contribution in [3.8, 4) is 0 Å². The van der Waals surface area contributed by atoms with Gasteiger partial charge in [-0.25, -0.2) is 13.6 Å². The first-order chi connectivity index (χ1) is 9.58. The van der Waals surface area contributed by atoms with Crippen molar-refractivity contribution in [2.45, 2.75) is 13.3 Å². The zero-order valence-electron chi connectivity index (χ0n) is 10.9. The van der Waals surface area contributed by atoms with E-state index >= 15 is 0 Å². The molecule has 2 aromatic rings. The second-order valence-electron chi connectivity index (χ2n) is 4.26. The molecule has 20 heavy (non-hydrogen) atoms. The van der Waals surface area contributed by atoms with Crippen LogP contribution in [0, 0.1) is 11.6 Å². The van der Waals surface area contributed by atoms with Gasteiger partial charge in [0, 0.05) is 17.4 Å². The number of halogens is 2. The molecule has 0 spiro atoms. The number of aryl methyl sites for hydroxylation is 1. The fraction of sp³-hybridized carbons (Fsp3) is 0.133.